The fourth-order valence-electron chi connectivity index (χ4n) is 5.13. The summed E-state index contributed by atoms with van der Waals surface area (Å²) in [5.41, 5.74) is 14.8. The van der Waals surface area contributed by atoms with Gasteiger partial charge in [0.15, 0.2) is 0 Å². The molecular weight excluding hydrogens is 484 g/mol. The van der Waals surface area contributed by atoms with Gasteiger partial charge in [0.1, 0.15) is 12.1 Å². The van der Waals surface area contributed by atoms with Crippen LogP contribution in [0.3, 0.4) is 0 Å². The smallest absolute Gasteiger partial charge is 0.281 e. The minimum absolute atomic E-state index is 0.160. The lowest BCUT2D eigenvalue weighted by Crippen LogP contribution is -2.47. The van der Waals surface area contributed by atoms with Gasteiger partial charge in [0.25, 0.3) is 5.91 Å². The number of aliphatic hydroxyl groups is 1. The Hall–Kier alpha value is -3.67. The number of likely N-dealkylation sites (N-methyl/N-ethyl adjacent to an activating group) is 1. The highest BCUT2D eigenvalue weighted by atomic mass is 16.5. The van der Waals surface area contributed by atoms with Gasteiger partial charge in [-0.25, -0.2) is 9.97 Å². The molecule has 3 aromatic rings. The second kappa shape index (κ2) is 11.0. The summed E-state index contributed by atoms with van der Waals surface area (Å²) >= 11 is 0. The molecule has 1 aliphatic heterocycles. The lowest BCUT2D eigenvalue weighted by Gasteiger charge is -2.41. The number of ether oxygens (including phenoxy) is 1. The van der Waals surface area contributed by atoms with Crippen LogP contribution in [0.2, 0.25) is 0 Å². The topological polar surface area (TPSA) is 158 Å². The molecule has 0 radical (unpaired) electrons. The lowest BCUT2D eigenvalue weighted by atomic mass is 9.63. The van der Waals surface area contributed by atoms with Crippen LogP contribution in [-0.4, -0.2) is 74.0 Å². The van der Waals surface area contributed by atoms with Crippen LogP contribution in [-0.2, 0) is 16.7 Å². The van der Waals surface area contributed by atoms with Gasteiger partial charge in [0.2, 0.25) is 5.95 Å². The van der Waals surface area contributed by atoms with Crippen molar-refractivity contribution in [2.75, 3.05) is 26.0 Å². The molecule has 2 fully saturated rings. The average molecular weight is 519 g/mol. The minimum atomic E-state index is -0.751. The number of hydrogen-bond donors (Lipinski definition) is 3. The molecule has 2 aliphatic rings. The van der Waals surface area contributed by atoms with Crippen molar-refractivity contribution in [2.45, 2.75) is 56.3 Å². The number of aromatic nitrogens is 4. The SMILES string of the molecule is CN(C(O)Cn1cc(C(=O)N=C(N)C2(c3ccc(-c4cnc(N)nc4)cc3)CCC2)cn1)C1CCCOC1. The van der Waals surface area contributed by atoms with Crippen molar-refractivity contribution >= 4 is 17.7 Å². The van der Waals surface area contributed by atoms with Crippen molar-refractivity contribution < 1.29 is 14.6 Å². The van der Waals surface area contributed by atoms with Crippen LogP contribution in [0, 0.1) is 0 Å². The Balaban J connectivity index is 1.26. The number of aliphatic imine (C=N–C) groups is 1. The highest BCUT2D eigenvalue weighted by Gasteiger charge is 2.43. The molecule has 3 heterocycles. The number of aliphatic hydroxyl groups excluding tert-OH is 1. The van der Waals surface area contributed by atoms with Crippen molar-refractivity contribution in [3.8, 4) is 11.1 Å². The van der Waals surface area contributed by atoms with E-state index in [1.807, 2.05) is 36.2 Å². The molecular formula is C27H34N8O3. The Bertz CT molecular complexity index is 1280. The number of nitrogens with two attached hydrogens (primary N) is 2. The van der Waals surface area contributed by atoms with Gasteiger partial charge in [-0.15, -0.1) is 0 Å². The zero-order chi connectivity index (χ0) is 26.7. The molecule has 0 spiro atoms. The zero-order valence-corrected chi connectivity index (χ0v) is 21.5. The van der Waals surface area contributed by atoms with Gasteiger partial charge in [-0.05, 0) is 43.9 Å². The number of hydrogen-bond acceptors (Lipinski definition) is 8. The van der Waals surface area contributed by atoms with Gasteiger partial charge in [-0.1, -0.05) is 30.7 Å². The molecule has 11 nitrogen and oxygen atoms in total. The third kappa shape index (κ3) is 5.31. The Morgan fingerprint density at radius 2 is 1.95 bits per heavy atom. The number of nitrogens with zero attached hydrogens (tertiary/aromatic N) is 6. The first-order valence-corrected chi connectivity index (χ1v) is 12.9. The second-order valence-electron chi connectivity index (χ2n) is 10.1. The number of rotatable bonds is 8. The van der Waals surface area contributed by atoms with Crippen LogP contribution in [0.4, 0.5) is 5.95 Å². The minimum Gasteiger partial charge on any atom is -0.386 e. The Morgan fingerprint density at radius 1 is 1.21 bits per heavy atom. The molecule has 2 atom stereocenters. The van der Waals surface area contributed by atoms with E-state index in [0.717, 1.165) is 55.4 Å². The van der Waals surface area contributed by atoms with E-state index in [1.165, 1.54) is 6.20 Å². The van der Waals surface area contributed by atoms with Gasteiger partial charge in [-0.3, -0.25) is 14.4 Å². The van der Waals surface area contributed by atoms with Crippen LogP contribution in [0.25, 0.3) is 11.1 Å². The van der Waals surface area contributed by atoms with Gasteiger partial charge in [0, 0.05) is 36.8 Å². The van der Waals surface area contributed by atoms with Gasteiger partial charge in [-0.2, -0.15) is 10.1 Å². The molecule has 1 saturated heterocycles. The first-order chi connectivity index (χ1) is 18.4. The normalized spacial score (nSPS) is 20.2. The fraction of sp³-hybridized carbons (Fsp3) is 0.444. The van der Waals surface area contributed by atoms with Crippen LogP contribution < -0.4 is 11.5 Å². The first kappa shape index (κ1) is 26.0. The van der Waals surface area contributed by atoms with E-state index in [4.69, 9.17) is 16.2 Å². The molecule has 11 heteroatoms. The number of carbonyl (C=O) groups is 1. The summed E-state index contributed by atoms with van der Waals surface area (Å²) in [6, 6.07) is 8.18. The fourth-order valence-corrected chi connectivity index (χ4v) is 5.13. The maximum absolute atomic E-state index is 13.0. The number of nitrogen functional groups attached to an aromatic ring is 1. The summed E-state index contributed by atoms with van der Waals surface area (Å²) in [6.07, 6.45) is 10.3. The number of benzene rings is 1. The van der Waals surface area contributed by atoms with Crippen molar-refractivity contribution in [2.24, 2.45) is 10.7 Å². The molecule has 1 aliphatic carbocycles. The molecule has 2 unspecified atom stereocenters. The van der Waals surface area contributed by atoms with Gasteiger partial charge >= 0.3 is 0 Å². The van der Waals surface area contributed by atoms with Crippen molar-refractivity contribution in [1.82, 2.24) is 24.6 Å². The number of carbonyl (C=O) groups excluding carboxylic acids is 1. The first-order valence-electron chi connectivity index (χ1n) is 12.9. The monoisotopic (exact) mass is 518 g/mol. The molecule has 200 valence electrons. The third-order valence-electron chi connectivity index (χ3n) is 7.77. The summed E-state index contributed by atoms with van der Waals surface area (Å²) in [5, 5.41) is 14.9. The molecule has 1 amide bonds. The van der Waals surface area contributed by atoms with Crippen molar-refractivity contribution in [3.05, 3.63) is 60.2 Å². The summed E-state index contributed by atoms with van der Waals surface area (Å²) < 4.78 is 7.08. The van der Waals surface area contributed by atoms with Crippen molar-refractivity contribution in [3.63, 3.8) is 0 Å². The average Bonchev–Trinajstić information content (AvgIpc) is 3.37. The van der Waals surface area contributed by atoms with E-state index in [1.54, 1.807) is 23.3 Å². The van der Waals surface area contributed by atoms with Gasteiger partial charge < -0.3 is 21.3 Å². The summed E-state index contributed by atoms with van der Waals surface area (Å²) in [6.45, 7) is 1.60. The quantitative estimate of drug-likeness (QED) is 0.230. The van der Waals surface area contributed by atoms with E-state index in [2.05, 4.69) is 20.1 Å². The highest BCUT2D eigenvalue weighted by Crippen LogP contribution is 2.44. The molecule has 2 aromatic heterocycles. The van der Waals surface area contributed by atoms with Gasteiger partial charge in [0.05, 0.1) is 30.3 Å². The summed E-state index contributed by atoms with van der Waals surface area (Å²) in [4.78, 5) is 27.3. The predicted octanol–water partition coefficient (Wildman–Crippen LogP) is 1.97. The zero-order valence-electron chi connectivity index (χ0n) is 21.5. The van der Waals surface area contributed by atoms with E-state index in [0.29, 0.717) is 18.0 Å². The number of amides is 1. The Morgan fingerprint density at radius 3 is 2.58 bits per heavy atom. The van der Waals surface area contributed by atoms with Crippen LogP contribution >= 0.6 is 0 Å². The standard InChI is InChI=1S/C27H34N8O3/c1-34(22-4-2-11-38-17-22)23(36)16-35-15-20(14-32-35)24(37)33-25(28)27(9-3-10-27)21-7-5-18(6-8-21)19-12-30-26(29)31-13-19/h5-8,12-15,22-23,36H,2-4,9-11,16-17H2,1H3,(H2,28,33,37)(H2,29,30,31). The largest absolute Gasteiger partial charge is 0.386 e. The molecule has 1 saturated carbocycles. The maximum Gasteiger partial charge on any atom is 0.281 e. The third-order valence-corrected chi connectivity index (χ3v) is 7.77. The van der Waals surface area contributed by atoms with E-state index < -0.39 is 17.6 Å². The Kier molecular flexibility index (Phi) is 7.50. The Labute approximate surface area is 221 Å². The molecule has 5 rings (SSSR count). The summed E-state index contributed by atoms with van der Waals surface area (Å²) in [5.74, 6) is 0.0948. The predicted molar refractivity (Wildman–Crippen MR) is 143 cm³/mol. The molecule has 38 heavy (non-hydrogen) atoms. The van der Waals surface area contributed by atoms with Crippen molar-refractivity contribution in [1.29, 1.82) is 0 Å². The van der Waals surface area contributed by atoms with Crippen LogP contribution in [0.5, 0.6) is 0 Å². The maximum atomic E-state index is 13.0. The second-order valence-corrected chi connectivity index (χ2v) is 10.1. The summed E-state index contributed by atoms with van der Waals surface area (Å²) in [7, 11) is 1.87. The molecule has 1 aromatic carbocycles. The van der Waals surface area contributed by atoms with E-state index in [9.17, 15) is 9.90 Å². The highest BCUT2D eigenvalue weighted by molar-refractivity contribution is 6.06. The van der Waals surface area contributed by atoms with E-state index in [-0.39, 0.29) is 18.5 Å². The van der Waals surface area contributed by atoms with Crippen LogP contribution in [0.15, 0.2) is 54.0 Å². The number of anilines is 1. The van der Waals surface area contributed by atoms with E-state index >= 15 is 0 Å². The molecule has 5 N–H and O–H groups in total. The molecule has 0 bridgehead atoms. The van der Waals surface area contributed by atoms with Crippen LogP contribution in [0.1, 0.15) is 48.0 Å². The lowest BCUT2D eigenvalue weighted by molar-refractivity contribution is -0.0617. The number of amidine groups is 1.